The first-order valence-electron chi connectivity index (χ1n) is 7.52. The SMILES string of the molecule is Cc1cccc2c1N[C@@H](c1ccc(Br)cc1)[C@H]1CC=C[C@@H]21. The van der Waals surface area contributed by atoms with E-state index in [2.05, 4.69) is 82.8 Å². The number of para-hydroxylation sites is 1. The molecule has 1 aliphatic carbocycles. The monoisotopic (exact) mass is 339 g/mol. The molecule has 0 saturated heterocycles. The first kappa shape index (κ1) is 13.1. The lowest BCUT2D eigenvalue weighted by atomic mass is 9.76. The van der Waals surface area contributed by atoms with Gasteiger partial charge in [-0.25, -0.2) is 0 Å². The Bertz CT molecular complexity index is 702. The average molecular weight is 340 g/mol. The van der Waals surface area contributed by atoms with Crippen LogP contribution >= 0.6 is 15.9 Å². The lowest BCUT2D eigenvalue weighted by Gasteiger charge is -2.38. The summed E-state index contributed by atoms with van der Waals surface area (Å²) in [7, 11) is 0. The second-order valence-electron chi connectivity index (χ2n) is 6.07. The highest BCUT2D eigenvalue weighted by Crippen LogP contribution is 2.50. The van der Waals surface area contributed by atoms with Crippen molar-refractivity contribution in [2.75, 3.05) is 5.32 Å². The summed E-state index contributed by atoms with van der Waals surface area (Å²) in [5.74, 6) is 1.18. The van der Waals surface area contributed by atoms with E-state index >= 15 is 0 Å². The van der Waals surface area contributed by atoms with Crippen molar-refractivity contribution >= 4 is 21.6 Å². The molecule has 1 N–H and O–H groups in total. The third-order valence-corrected chi connectivity index (χ3v) is 5.36. The third kappa shape index (κ3) is 2.13. The normalized spacial score (nSPS) is 26.1. The molecule has 0 saturated carbocycles. The minimum absolute atomic E-state index is 0.395. The summed E-state index contributed by atoms with van der Waals surface area (Å²) >= 11 is 3.53. The van der Waals surface area contributed by atoms with Crippen LogP contribution in [0.5, 0.6) is 0 Å². The molecule has 0 bridgehead atoms. The molecule has 106 valence electrons. The van der Waals surface area contributed by atoms with E-state index in [0.29, 0.717) is 17.9 Å². The van der Waals surface area contributed by atoms with Gasteiger partial charge in [-0.2, -0.15) is 0 Å². The Balaban J connectivity index is 1.81. The first-order valence-corrected chi connectivity index (χ1v) is 8.31. The predicted octanol–water partition coefficient (Wildman–Crippen LogP) is 5.58. The molecule has 0 amide bonds. The molecule has 2 aliphatic rings. The van der Waals surface area contributed by atoms with Crippen molar-refractivity contribution in [3.63, 3.8) is 0 Å². The minimum atomic E-state index is 0.395. The third-order valence-electron chi connectivity index (χ3n) is 4.83. The van der Waals surface area contributed by atoms with E-state index in [0.717, 1.165) is 10.9 Å². The van der Waals surface area contributed by atoms with Gasteiger partial charge in [0.05, 0.1) is 6.04 Å². The molecule has 0 aromatic heterocycles. The van der Waals surface area contributed by atoms with Crippen LogP contribution in [0.1, 0.15) is 35.1 Å². The molecular formula is C19H18BrN. The van der Waals surface area contributed by atoms with Gasteiger partial charge in [0, 0.05) is 16.1 Å². The zero-order valence-corrected chi connectivity index (χ0v) is 13.6. The van der Waals surface area contributed by atoms with Crippen molar-refractivity contribution in [1.29, 1.82) is 0 Å². The summed E-state index contributed by atoms with van der Waals surface area (Å²) in [6, 6.07) is 15.8. The van der Waals surface area contributed by atoms with Crippen molar-refractivity contribution < 1.29 is 0 Å². The van der Waals surface area contributed by atoms with Gasteiger partial charge >= 0.3 is 0 Å². The Labute approximate surface area is 134 Å². The maximum atomic E-state index is 3.82. The largest absolute Gasteiger partial charge is 0.377 e. The van der Waals surface area contributed by atoms with E-state index in [-0.39, 0.29) is 0 Å². The lowest BCUT2D eigenvalue weighted by Crippen LogP contribution is -2.29. The van der Waals surface area contributed by atoms with E-state index in [1.54, 1.807) is 0 Å². The molecule has 0 fully saturated rings. The molecule has 1 nitrogen and oxygen atoms in total. The number of anilines is 1. The molecule has 21 heavy (non-hydrogen) atoms. The summed E-state index contributed by atoms with van der Waals surface area (Å²) in [5, 5.41) is 3.82. The second-order valence-corrected chi connectivity index (χ2v) is 6.98. The smallest absolute Gasteiger partial charge is 0.0554 e. The zero-order chi connectivity index (χ0) is 14.4. The van der Waals surface area contributed by atoms with Crippen LogP contribution in [0.15, 0.2) is 59.1 Å². The molecule has 1 aliphatic heterocycles. The zero-order valence-electron chi connectivity index (χ0n) is 12.0. The predicted molar refractivity (Wildman–Crippen MR) is 91.7 cm³/mol. The number of halogens is 1. The number of hydrogen-bond donors (Lipinski definition) is 1. The number of fused-ring (bicyclic) bond motifs is 3. The molecular weight excluding hydrogens is 322 g/mol. The van der Waals surface area contributed by atoms with Crippen LogP contribution in [-0.2, 0) is 0 Å². The Morgan fingerprint density at radius 1 is 1.10 bits per heavy atom. The molecule has 0 radical (unpaired) electrons. The van der Waals surface area contributed by atoms with Gasteiger partial charge < -0.3 is 5.32 Å². The van der Waals surface area contributed by atoms with E-state index in [1.165, 1.54) is 22.4 Å². The van der Waals surface area contributed by atoms with Crippen molar-refractivity contribution in [2.24, 2.45) is 5.92 Å². The van der Waals surface area contributed by atoms with Crippen LogP contribution in [0.25, 0.3) is 0 Å². The Kier molecular flexibility index (Phi) is 3.15. The fraction of sp³-hybridized carbons (Fsp3) is 0.263. The van der Waals surface area contributed by atoms with Crippen molar-refractivity contribution in [1.82, 2.24) is 0 Å². The Morgan fingerprint density at radius 3 is 2.71 bits per heavy atom. The topological polar surface area (TPSA) is 12.0 Å². The van der Waals surface area contributed by atoms with E-state index in [1.807, 2.05) is 0 Å². The molecule has 1 heterocycles. The van der Waals surface area contributed by atoms with Crippen molar-refractivity contribution in [2.45, 2.75) is 25.3 Å². The molecule has 2 aromatic carbocycles. The van der Waals surface area contributed by atoms with Gasteiger partial charge in [0.1, 0.15) is 0 Å². The summed E-state index contributed by atoms with van der Waals surface area (Å²) in [5.41, 5.74) is 5.51. The van der Waals surface area contributed by atoms with Crippen LogP contribution in [0, 0.1) is 12.8 Å². The number of hydrogen-bond acceptors (Lipinski definition) is 1. The molecule has 0 unspecified atom stereocenters. The molecule has 4 rings (SSSR count). The highest BCUT2D eigenvalue weighted by Gasteiger charge is 2.38. The van der Waals surface area contributed by atoms with Crippen LogP contribution in [-0.4, -0.2) is 0 Å². The highest BCUT2D eigenvalue weighted by molar-refractivity contribution is 9.10. The standard InChI is InChI=1S/C19H18BrN/c1-12-4-2-6-16-15-5-3-7-17(15)19(21-18(12)16)13-8-10-14(20)11-9-13/h2-6,8-11,15,17,19,21H,7H2,1H3/t15-,17-,19-/m0/s1. The van der Waals surface area contributed by atoms with Crippen LogP contribution in [0.3, 0.4) is 0 Å². The van der Waals surface area contributed by atoms with Gasteiger partial charge in [-0.3, -0.25) is 0 Å². The fourth-order valence-electron chi connectivity index (χ4n) is 3.78. The lowest BCUT2D eigenvalue weighted by molar-refractivity contribution is 0.425. The van der Waals surface area contributed by atoms with Crippen molar-refractivity contribution in [3.05, 3.63) is 75.8 Å². The molecule has 2 aromatic rings. The van der Waals surface area contributed by atoms with Gasteiger partial charge in [0.15, 0.2) is 0 Å². The van der Waals surface area contributed by atoms with Crippen molar-refractivity contribution in [3.8, 4) is 0 Å². The summed E-state index contributed by atoms with van der Waals surface area (Å²) < 4.78 is 1.14. The summed E-state index contributed by atoms with van der Waals surface area (Å²) in [6.07, 6.45) is 5.90. The number of benzene rings is 2. The maximum Gasteiger partial charge on any atom is 0.0554 e. The quantitative estimate of drug-likeness (QED) is 0.668. The van der Waals surface area contributed by atoms with Gasteiger partial charge in [-0.1, -0.05) is 58.4 Å². The average Bonchev–Trinajstić information content (AvgIpc) is 2.98. The molecule has 3 atom stereocenters. The maximum absolute atomic E-state index is 3.82. The fourth-order valence-corrected chi connectivity index (χ4v) is 4.04. The Morgan fingerprint density at radius 2 is 1.90 bits per heavy atom. The van der Waals surface area contributed by atoms with Gasteiger partial charge in [-0.15, -0.1) is 0 Å². The summed E-state index contributed by atoms with van der Waals surface area (Å²) in [6.45, 7) is 2.20. The Hall–Kier alpha value is -1.54. The highest BCUT2D eigenvalue weighted by atomic mass is 79.9. The second kappa shape index (κ2) is 5.03. The van der Waals surface area contributed by atoms with Crippen LogP contribution < -0.4 is 5.32 Å². The van der Waals surface area contributed by atoms with Crippen LogP contribution in [0.2, 0.25) is 0 Å². The minimum Gasteiger partial charge on any atom is -0.377 e. The molecule has 0 spiro atoms. The summed E-state index contributed by atoms with van der Waals surface area (Å²) in [4.78, 5) is 0. The number of nitrogens with one attached hydrogen (secondary N) is 1. The van der Waals surface area contributed by atoms with Crippen LogP contribution in [0.4, 0.5) is 5.69 Å². The van der Waals surface area contributed by atoms with E-state index in [4.69, 9.17) is 0 Å². The first-order chi connectivity index (χ1) is 10.2. The number of aryl methyl sites for hydroxylation is 1. The van der Waals surface area contributed by atoms with E-state index in [9.17, 15) is 0 Å². The van der Waals surface area contributed by atoms with Gasteiger partial charge in [0.25, 0.3) is 0 Å². The van der Waals surface area contributed by atoms with Gasteiger partial charge in [0.2, 0.25) is 0 Å². The number of allylic oxidation sites excluding steroid dienone is 2. The molecule has 2 heteroatoms. The van der Waals surface area contributed by atoms with E-state index < -0.39 is 0 Å². The number of rotatable bonds is 1. The van der Waals surface area contributed by atoms with Gasteiger partial charge in [-0.05, 0) is 48.1 Å².